The third-order valence-electron chi connectivity index (χ3n) is 6.15. The van der Waals surface area contributed by atoms with E-state index in [4.69, 9.17) is 5.73 Å². The Kier molecular flexibility index (Phi) is 5.92. The molecule has 5 nitrogen and oxygen atoms in total. The van der Waals surface area contributed by atoms with Gasteiger partial charge in [-0.3, -0.25) is 9.78 Å². The number of benzene rings is 1. The van der Waals surface area contributed by atoms with E-state index in [1.54, 1.807) is 0 Å². The number of carbonyl (C=O) groups excluding carboxylic acids is 1. The molecule has 2 aromatic rings. The normalized spacial score (nSPS) is 26.2. The summed E-state index contributed by atoms with van der Waals surface area (Å²) in [5.41, 5.74) is 7.32. The third kappa shape index (κ3) is 4.69. The van der Waals surface area contributed by atoms with Crippen LogP contribution in [0.15, 0.2) is 30.6 Å². The van der Waals surface area contributed by atoms with Gasteiger partial charge in [0, 0.05) is 42.7 Å². The SMILES string of the molecule is C[C@]1(N)CCN(c2c(C(=O)NC3CCCCC3F)cncc2-c2cc(F)cc(F)c2)C1. The van der Waals surface area contributed by atoms with Crippen molar-refractivity contribution in [1.82, 2.24) is 10.3 Å². The second kappa shape index (κ2) is 8.49. The van der Waals surface area contributed by atoms with Gasteiger partial charge in [-0.2, -0.15) is 0 Å². The van der Waals surface area contributed by atoms with Gasteiger partial charge < -0.3 is 16.0 Å². The minimum atomic E-state index is -1.09. The van der Waals surface area contributed by atoms with Crippen molar-refractivity contribution in [3.63, 3.8) is 0 Å². The number of anilines is 1. The molecule has 3 atom stereocenters. The van der Waals surface area contributed by atoms with Crippen molar-refractivity contribution < 1.29 is 18.0 Å². The molecule has 1 aromatic heterocycles. The topological polar surface area (TPSA) is 71.2 Å². The summed E-state index contributed by atoms with van der Waals surface area (Å²) in [5.74, 6) is -1.88. The van der Waals surface area contributed by atoms with Crippen molar-refractivity contribution in [2.75, 3.05) is 18.0 Å². The number of nitrogens with one attached hydrogen (secondary N) is 1. The molecule has 1 saturated carbocycles. The largest absolute Gasteiger partial charge is 0.368 e. The Labute approximate surface area is 179 Å². The summed E-state index contributed by atoms with van der Waals surface area (Å²) in [4.78, 5) is 19.3. The molecule has 1 aliphatic heterocycles. The first-order chi connectivity index (χ1) is 14.7. The Morgan fingerprint density at radius 3 is 2.55 bits per heavy atom. The van der Waals surface area contributed by atoms with Crippen LogP contribution in [-0.4, -0.2) is 41.7 Å². The number of hydrogen-bond donors (Lipinski definition) is 2. The van der Waals surface area contributed by atoms with E-state index in [1.165, 1.54) is 24.5 Å². The molecule has 2 heterocycles. The fourth-order valence-corrected chi connectivity index (χ4v) is 4.55. The van der Waals surface area contributed by atoms with Gasteiger partial charge in [-0.1, -0.05) is 12.8 Å². The summed E-state index contributed by atoms with van der Waals surface area (Å²) in [6, 6.07) is 2.66. The van der Waals surface area contributed by atoms with E-state index in [-0.39, 0.29) is 11.1 Å². The highest BCUT2D eigenvalue weighted by Gasteiger charge is 2.34. The molecule has 2 aliphatic rings. The predicted molar refractivity (Wildman–Crippen MR) is 114 cm³/mol. The maximum absolute atomic E-state index is 14.3. The van der Waals surface area contributed by atoms with Crippen LogP contribution in [0.25, 0.3) is 11.1 Å². The smallest absolute Gasteiger partial charge is 0.255 e. The minimum Gasteiger partial charge on any atom is -0.368 e. The molecule has 0 spiro atoms. The molecule has 4 rings (SSSR count). The zero-order chi connectivity index (χ0) is 22.2. The van der Waals surface area contributed by atoms with E-state index < -0.39 is 35.3 Å². The van der Waals surface area contributed by atoms with E-state index in [0.29, 0.717) is 43.6 Å². The van der Waals surface area contributed by atoms with E-state index in [1.807, 2.05) is 11.8 Å². The van der Waals surface area contributed by atoms with Gasteiger partial charge in [-0.25, -0.2) is 13.2 Å². The van der Waals surface area contributed by atoms with Crippen LogP contribution in [0.4, 0.5) is 18.9 Å². The number of alkyl halides is 1. The Bertz CT molecular complexity index is 961. The molecule has 1 saturated heterocycles. The first-order valence-electron chi connectivity index (χ1n) is 10.7. The molecule has 0 bridgehead atoms. The minimum absolute atomic E-state index is 0.248. The highest BCUT2D eigenvalue weighted by Crippen LogP contribution is 2.37. The molecular weight excluding hydrogens is 405 g/mol. The molecule has 8 heteroatoms. The van der Waals surface area contributed by atoms with Crippen molar-refractivity contribution in [1.29, 1.82) is 0 Å². The summed E-state index contributed by atoms with van der Waals surface area (Å²) in [7, 11) is 0. The molecule has 31 heavy (non-hydrogen) atoms. The fourth-order valence-electron chi connectivity index (χ4n) is 4.55. The van der Waals surface area contributed by atoms with Crippen LogP contribution in [-0.2, 0) is 0 Å². The number of amides is 1. The number of halogens is 3. The maximum atomic E-state index is 14.3. The lowest BCUT2D eigenvalue weighted by molar-refractivity contribution is 0.0884. The maximum Gasteiger partial charge on any atom is 0.255 e. The van der Waals surface area contributed by atoms with Crippen molar-refractivity contribution in [3.05, 3.63) is 47.8 Å². The molecular formula is C23H27F3N4O. The summed E-state index contributed by atoms with van der Waals surface area (Å²) in [6.45, 7) is 2.97. The Morgan fingerprint density at radius 2 is 1.90 bits per heavy atom. The number of rotatable bonds is 4. The van der Waals surface area contributed by atoms with Crippen molar-refractivity contribution in [3.8, 4) is 11.1 Å². The Hall–Kier alpha value is -2.61. The predicted octanol–water partition coefficient (Wildman–Crippen LogP) is 3.96. The number of pyridine rings is 1. The van der Waals surface area contributed by atoms with Crippen LogP contribution in [0.3, 0.4) is 0 Å². The van der Waals surface area contributed by atoms with Crippen LogP contribution >= 0.6 is 0 Å². The van der Waals surface area contributed by atoms with Gasteiger partial charge in [0.15, 0.2) is 0 Å². The van der Waals surface area contributed by atoms with Crippen LogP contribution in [0, 0.1) is 11.6 Å². The van der Waals surface area contributed by atoms with Gasteiger partial charge in [-0.15, -0.1) is 0 Å². The van der Waals surface area contributed by atoms with E-state index in [0.717, 1.165) is 18.9 Å². The van der Waals surface area contributed by atoms with Crippen LogP contribution in [0.5, 0.6) is 0 Å². The highest BCUT2D eigenvalue weighted by atomic mass is 19.1. The molecule has 0 radical (unpaired) electrons. The summed E-state index contributed by atoms with van der Waals surface area (Å²) < 4.78 is 42.2. The van der Waals surface area contributed by atoms with Crippen LogP contribution < -0.4 is 16.0 Å². The van der Waals surface area contributed by atoms with Gasteiger partial charge in [0.05, 0.1) is 17.3 Å². The van der Waals surface area contributed by atoms with E-state index in [9.17, 15) is 18.0 Å². The van der Waals surface area contributed by atoms with Crippen LogP contribution in [0.1, 0.15) is 49.4 Å². The lowest BCUT2D eigenvalue weighted by Gasteiger charge is -2.29. The standard InChI is InChI=1S/C23H27F3N4O/c1-23(27)6-7-30(13-23)21-17(14-8-15(24)10-16(25)9-14)11-28-12-18(21)22(31)29-20-5-3-2-4-19(20)26/h8-12,19-20H,2-7,13,27H2,1H3,(H,29,31)/t19?,20?,23-/m0/s1. The fraction of sp³-hybridized carbons (Fsp3) is 0.478. The number of aromatic nitrogens is 1. The number of carbonyl (C=O) groups is 1. The molecule has 166 valence electrons. The quantitative estimate of drug-likeness (QED) is 0.767. The highest BCUT2D eigenvalue weighted by molar-refractivity contribution is 6.03. The number of nitrogens with two attached hydrogens (primary N) is 1. The van der Waals surface area contributed by atoms with Crippen molar-refractivity contribution in [2.45, 2.75) is 56.8 Å². The lowest BCUT2D eigenvalue weighted by atomic mass is 9.93. The lowest BCUT2D eigenvalue weighted by Crippen LogP contribution is -2.44. The molecule has 2 unspecified atom stereocenters. The zero-order valence-corrected chi connectivity index (χ0v) is 17.5. The number of nitrogens with zero attached hydrogens (tertiary/aromatic N) is 2. The Balaban J connectivity index is 1.76. The van der Waals surface area contributed by atoms with Gasteiger partial charge in [-0.05, 0) is 43.9 Å². The molecule has 1 amide bonds. The van der Waals surface area contributed by atoms with Gasteiger partial charge in [0.2, 0.25) is 0 Å². The second-order valence-corrected chi connectivity index (χ2v) is 8.95. The summed E-state index contributed by atoms with van der Waals surface area (Å²) in [5, 5.41) is 2.81. The van der Waals surface area contributed by atoms with Gasteiger partial charge in [0.1, 0.15) is 17.8 Å². The van der Waals surface area contributed by atoms with Gasteiger partial charge in [0.25, 0.3) is 5.91 Å². The Morgan fingerprint density at radius 1 is 1.19 bits per heavy atom. The first kappa shape index (κ1) is 21.6. The van der Waals surface area contributed by atoms with E-state index in [2.05, 4.69) is 10.3 Å². The molecule has 2 fully saturated rings. The molecule has 1 aromatic carbocycles. The monoisotopic (exact) mass is 432 g/mol. The molecule has 3 N–H and O–H groups in total. The zero-order valence-electron chi connectivity index (χ0n) is 17.5. The summed E-state index contributed by atoms with van der Waals surface area (Å²) >= 11 is 0. The average molecular weight is 432 g/mol. The third-order valence-corrected chi connectivity index (χ3v) is 6.15. The van der Waals surface area contributed by atoms with Gasteiger partial charge >= 0.3 is 0 Å². The molecule has 1 aliphatic carbocycles. The van der Waals surface area contributed by atoms with E-state index >= 15 is 0 Å². The van der Waals surface area contributed by atoms with Crippen molar-refractivity contribution in [2.24, 2.45) is 5.73 Å². The summed E-state index contributed by atoms with van der Waals surface area (Å²) in [6.07, 6.45) is 5.19. The first-order valence-corrected chi connectivity index (χ1v) is 10.7. The van der Waals surface area contributed by atoms with Crippen LogP contribution in [0.2, 0.25) is 0 Å². The number of hydrogen-bond acceptors (Lipinski definition) is 4. The second-order valence-electron chi connectivity index (χ2n) is 8.95. The average Bonchev–Trinajstić information content (AvgIpc) is 3.08. The van der Waals surface area contributed by atoms with Crippen molar-refractivity contribution >= 4 is 11.6 Å².